The molecule has 0 aliphatic carbocycles. The van der Waals surface area contributed by atoms with Crippen molar-refractivity contribution in [2.75, 3.05) is 26.2 Å². The molecule has 0 saturated carbocycles. The van der Waals surface area contributed by atoms with Crippen molar-refractivity contribution in [3.63, 3.8) is 0 Å². The van der Waals surface area contributed by atoms with Gasteiger partial charge in [0.1, 0.15) is 12.7 Å². The Morgan fingerprint density at radius 3 is 2.67 bits per heavy atom. The lowest BCUT2D eigenvalue weighted by molar-refractivity contribution is 0.0604. The van der Waals surface area contributed by atoms with Crippen LogP contribution in [0.25, 0.3) is 0 Å². The molecule has 0 amide bonds. The van der Waals surface area contributed by atoms with E-state index in [1.54, 1.807) is 18.2 Å². The van der Waals surface area contributed by atoms with Crippen LogP contribution in [0.2, 0.25) is 0 Å². The van der Waals surface area contributed by atoms with Crippen LogP contribution in [0.5, 0.6) is 5.75 Å². The maximum atomic E-state index is 13.3. The highest BCUT2D eigenvalue weighted by molar-refractivity contribution is 5.23. The van der Waals surface area contributed by atoms with E-state index in [4.69, 9.17) is 4.74 Å². The molecule has 0 bridgehead atoms. The average Bonchev–Trinajstić information content (AvgIpc) is 2.39. The summed E-state index contributed by atoms with van der Waals surface area (Å²) in [6, 6.07) is 6.26. The second-order valence-electron chi connectivity index (χ2n) is 4.76. The van der Waals surface area contributed by atoms with Crippen LogP contribution in [0.15, 0.2) is 24.3 Å². The maximum Gasteiger partial charge on any atom is 0.165 e. The van der Waals surface area contributed by atoms with Gasteiger partial charge in [0.25, 0.3) is 0 Å². The number of aliphatic hydroxyl groups excluding tert-OH is 1. The monoisotopic (exact) mass is 253 g/mol. The van der Waals surface area contributed by atoms with Crippen molar-refractivity contribution in [2.45, 2.75) is 25.4 Å². The first-order chi connectivity index (χ1) is 8.75. The summed E-state index contributed by atoms with van der Waals surface area (Å²) in [5.74, 6) is -0.183. The minimum atomic E-state index is -0.567. The van der Waals surface area contributed by atoms with Gasteiger partial charge < -0.3 is 14.7 Å². The first kappa shape index (κ1) is 13.3. The van der Waals surface area contributed by atoms with E-state index < -0.39 is 6.10 Å². The number of hydrogen-bond donors (Lipinski definition) is 1. The van der Waals surface area contributed by atoms with Crippen molar-refractivity contribution < 1.29 is 14.2 Å². The van der Waals surface area contributed by atoms with Crippen molar-refractivity contribution in [2.24, 2.45) is 0 Å². The number of benzene rings is 1. The highest BCUT2D eigenvalue weighted by Crippen LogP contribution is 2.16. The van der Waals surface area contributed by atoms with Gasteiger partial charge in [0.05, 0.1) is 0 Å². The third kappa shape index (κ3) is 3.96. The number of ether oxygens (including phenoxy) is 1. The predicted molar refractivity (Wildman–Crippen MR) is 68.2 cm³/mol. The van der Waals surface area contributed by atoms with Crippen molar-refractivity contribution in [1.82, 2.24) is 4.90 Å². The van der Waals surface area contributed by atoms with E-state index in [2.05, 4.69) is 4.90 Å². The Bertz CT molecular complexity index is 367. The molecule has 1 atom stereocenters. The predicted octanol–water partition coefficient (Wildman–Crippen LogP) is 2.05. The van der Waals surface area contributed by atoms with E-state index in [0.717, 1.165) is 13.1 Å². The van der Waals surface area contributed by atoms with E-state index in [1.807, 2.05) is 0 Å². The second-order valence-corrected chi connectivity index (χ2v) is 4.76. The van der Waals surface area contributed by atoms with Gasteiger partial charge in [0.2, 0.25) is 0 Å². The lowest BCUT2D eigenvalue weighted by atomic mass is 10.1. The van der Waals surface area contributed by atoms with Crippen LogP contribution >= 0.6 is 0 Å². The molecule has 18 heavy (non-hydrogen) atoms. The second kappa shape index (κ2) is 6.71. The Balaban J connectivity index is 1.74. The average molecular weight is 253 g/mol. The van der Waals surface area contributed by atoms with E-state index in [-0.39, 0.29) is 18.2 Å². The summed E-state index contributed by atoms with van der Waals surface area (Å²) < 4.78 is 18.6. The molecule has 2 rings (SSSR count). The number of nitrogens with zero attached hydrogens (tertiary/aromatic N) is 1. The minimum Gasteiger partial charge on any atom is -0.488 e. The quantitative estimate of drug-likeness (QED) is 0.871. The summed E-state index contributed by atoms with van der Waals surface area (Å²) in [4.78, 5) is 2.23. The molecule has 1 N–H and O–H groups in total. The summed E-state index contributed by atoms with van der Waals surface area (Å²) in [6.07, 6.45) is 3.10. The van der Waals surface area contributed by atoms with Gasteiger partial charge in [0, 0.05) is 6.54 Å². The molecule has 1 aromatic rings. The van der Waals surface area contributed by atoms with Crippen molar-refractivity contribution in [3.8, 4) is 5.75 Å². The molecule has 1 saturated heterocycles. The SMILES string of the molecule is O[C@H](COc1ccccc1F)CN1CCCCC1. The van der Waals surface area contributed by atoms with E-state index in [0.29, 0.717) is 6.54 Å². The van der Waals surface area contributed by atoms with Gasteiger partial charge in [-0.05, 0) is 38.1 Å². The zero-order chi connectivity index (χ0) is 12.8. The summed E-state index contributed by atoms with van der Waals surface area (Å²) >= 11 is 0. The summed E-state index contributed by atoms with van der Waals surface area (Å²) in [5.41, 5.74) is 0. The maximum absolute atomic E-state index is 13.3. The first-order valence-corrected chi connectivity index (χ1v) is 6.53. The third-order valence-corrected chi connectivity index (χ3v) is 3.19. The standard InChI is InChI=1S/C14H20FNO2/c15-13-6-2-3-7-14(13)18-11-12(17)10-16-8-4-1-5-9-16/h2-3,6-7,12,17H,1,4-5,8-11H2/t12-/m0/s1. The third-order valence-electron chi connectivity index (χ3n) is 3.19. The molecule has 0 spiro atoms. The number of likely N-dealkylation sites (tertiary alicyclic amines) is 1. The zero-order valence-corrected chi connectivity index (χ0v) is 10.5. The van der Waals surface area contributed by atoms with Crippen molar-refractivity contribution in [3.05, 3.63) is 30.1 Å². The molecule has 0 aromatic heterocycles. The molecule has 100 valence electrons. The molecule has 1 aliphatic rings. The highest BCUT2D eigenvalue weighted by Gasteiger charge is 2.15. The smallest absolute Gasteiger partial charge is 0.165 e. The lowest BCUT2D eigenvalue weighted by Crippen LogP contribution is -2.38. The van der Waals surface area contributed by atoms with Gasteiger partial charge in [-0.3, -0.25) is 0 Å². The number of piperidine rings is 1. The lowest BCUT2D eigenvalue weighted by Gasteiger charge is -2.28. The molecule has 0 unspecified atom stereocenters. The van der Waals surface area contributed by atoms with Gasteiger partial charge in [-0.2, -0.15) is 0 Å². The fourth-order valence-electron chi connectivity index (χ4n) is 2.24. The Labute approximate surface area is 107 Å². The van der Waals surface area contributed by atoms with Crippen LogP contribution in [0.3, 0.4) is 0 Å². The van der Waals surface area contributed by atoms with Crippen molar-refractivity contribution in [1.29, 1.82) is 0 Å². The van der Waals surface area contributed by atoms with Crippen LogP contribution in [-0.4, -0.2) is 42.4 Å². The van der Waals surface area contributed by atoms with Crippen LogP contribution in [0.4, 0.5) is 4.39 Å². The van der Waals surface area contributed by atoms with Crippen LogP contribution in [0, 0.1) is 5.82 Å². The summed E-state index contributed by atoms with van der Waals surface area (Å²) in [6.45, 7) is 2.82. The van der Waals surface area contributed by atoms with Crippen LogP contribution < -0.4 is 4.74 Å². The summed E-state index contributed by atoms with van der Waals surface area (Å²) in [7, 11) is 0. The molecule has 3 nitrogen and oxygen atoms in total. The largest absolute Gasteiger partial charge is 0.488 e. The van der Waals surface area contributed by atoms with Gasteiger partial charge in [-0.25, -0.2) is 4.39 Å². The van der Waals surface area contributed by atoms with E-state index in [1.165, 1.54) is 25.3 Å². The van der Waals surface area contributed by atoms with Crippen LogP contribution in [0.1, 0.15) is 19.3 Å². The number of aliphatic hydroxyl groups is 1. The Morgan fingerprint density at radius 2 is 1.94 bits per heavy atom. The zero-order valence-electron chi connectivity index (χ0n) is 10.5. The number of β-amino-alcohol motifs (C(OH)–C–C–N with tert-alkyl or cyclic N) is 1. The van der Waals surface area contributed by atoms with Gasteiger partial charge in [-0.15, -0.1) is 0 Å². The molecular formula is C14H20FNO2. The number of halogens is 1. The molecule has 1 fully saturated rings. The topological polar surface area (TPSA) is 32.7 Å². The number of hydrogen-bond acceptors (Lipinski definition) is 3. The van der Waals surface area contributed by atoms with Crippen LogP contribution in [-0.2, 0) is 0 Å². The molecule has 1 aliphatic heterocycles. The number of rotatable bonds is 5. The van der Waals surface area contributed by atoms with Crippen molar-refractivity contribution >= 4 is 0 Å². The fourth-order valence-corrected chi connectivity index (χ4v) is 2.24. The molecule has 1 heterocycles. The fraction of sp³-hybridized carbons (Fsp3) is 0.571. The van der Waals surface area contributed by atoms with Gasteiger partial charge in [0.15, 0.2) is 11.6 Å². The Morgan fingerprint density at radius 1 is 1.22 bits per heavy atom. The molecular weight excluding hydrogens is 233 g/mol. The molecule has 1 aromatic carbocycles. The number of para-hydroxylation sites is 1. The van der Waals surface area contributed by atoms with E-state index >= 15 is 0 Å². The normalized spacial score (nSPS) is 18.6. The minimum absolute atomic E-state index is 0.136. The van der Waals surface area contributed by atoms with Gasteiger partial charge >= 0.3 is 0 Å². The highest BCUT2D eigenvalue weighted by atomic mass is 19.1. The first-order valence-electron chi connectivity index (χ1n) is 6.53. The summed E-state index contributed by atoms with van der Waals surface area (Å²) in [5, 5.41) is 9.86. The van der Waals surface area contributed by atoms with Gasteiger partial charge in [-0.1, -0.05) is 18.6 Å². The van der Waals surface area contributed by atoms with E-state index in [9.17, 15) is 9.50 Å². The Kier molecular flexibility index (Phi) is 4.96. The molecule has 0 radical (unpaired) electrons. The molecule has 4 heteroatoms. The Hall–Kier alpha value is -1.13.